The van der Waals surface area contributed by atoms with Gasteiger partial charge in [0.1, 0.15) is 5.82 Å². The molecule has 3 heterocycles. The molecule has 1 atom stereocenters. The van der Waals surface area contributed by atoms with E-state index in [1.165, 1.54) is 35.1 Å². The average molecular weight is 280 g/mol. The van der Waals surface area contributed by atoms with Crippen LogP contribution in [-0.2, 0) is 0 Å². The Morgan fingerprint density at radius 1 is 1.33 bits per heavy atom. The number of likely N-dealkylation sites (tertiary alicyclic amines) is 1. The summed E-state index contributed by atoms with van der Waals surface area (Å²) >= 11 is 0. The number of aromatic nitrogens is 3. The van der Waals surface area contributed by atoms with Crippen molar-refractivity contribution in [3.8, 4) is 5.69 Å². The van der Waals surface area contributed by atoms with Crippen molar-refractivity contribution in [1.29, 1.82) is 0 Å². The van der Waals surface area contributed by atoms with Gasteiger partial charge in [0.15, 0.2) is 0 Å². The molecule has 1 saturated heterocycles. The number of aryl methyl sites for hydroxylation is 1. The molecule has 3 aromatic rings. The van der Waals surface area contributed by atoms with Crippen molar-refractivity contribution in [2.24, 2.45) is 0 Å². The molecule has 4 rings (SSSR count). The van der Waals surface area contributed by atoms with E-state index in [2.05, 4.69) is 50.9 Å². The zero-order valence-electron chi connectivity index (χ0n) is 12.5. The van der Waals surface area contributed by atoms with Crippen LogP contribution in [-0.4, -0.2) is 39.6 Å². The molecule has 1 aliphatic rings. The molecule has 1 unspecified atom stereocenters. The van der Waals surface area contributed by atoms with Gasteiger partial charge in [-0.05, 0) is 56.6 Å². The van der Waals surface area contributed by atoms with Crippen molar-refractivity contribution in [1.82, 2.24) is 19.4 Å². The molecule has 4 nitrogen and oxygen atoms in total. The molecule has 1 aliphatic heterocycles. The van der Waals surface area contributed by atoms with E-state index in [1.807, 2.05) is 19.3 Å². The summed E-state index contributed by atoms with van der Waals surface area (Å²) in [5.74, 6) is 1.66. The van der Waals surface area contributed by atoms with Gasteiger partial charge in [0.25, 0.3) is 0 Å². The van der Waals surface area contributed by atoms with Crippen LogP contribution >= 0.6 is 0 Å². The Kier molecular flexibility index (Phi) is 2.86. The minimum Gasteiger partial charge on any atom is -0.361 e. The Hall–Kier alpha value is -2.07. The zero-order valence-corrected chi connectivity index (χ0v) is 12.5. The van der Waals surface area contributed by atoms with Crippen LogP contribution in [0.3, 0.4) is 0 Å². The molecule has 1 N–H and O–H groups in total. The van der Waals surface area contributed by atoms with Gasteiger partial charge in [0.05, 0.1) is 0 Å². The number of fused-ring (bicyclic) bond motifs is 1. The molecular formula is C17H20N4. The Bertz CT molecular complexity index is 783. The molecule has 2 aromatic heterocycles. The highest BCUT2D eigenvalue weighted by Gasteiger charge is 2.23. The Labute approximate surface area is 124 Å². The van der Waals surface area contributed by atoms with Crippen LogP contribution in [0.15, 0.2) is 36.8 Å². The Morgan fingerprint density at radius 2 is 2.24 bits per heavy atom. The van der Waals surface area contributed by atoms with Gasteiger partial charge in [-0.1, -0.05) is 0 Å². The predicted octanol–water partition coefficient (Wildman–Crippen LogP) is 3.08. The second kappa shape index (κ2) is 4.74. The van der Waals surface area contributed by atoms with Crippen molar-refractivity contribution < 1.29 is 0 Å². The maximum atomic E-state index is 4.32. The third-order valence-corrected chi connectivity index (χ3v) is 4.63. The average Bonchev–Trinajstić information content (AvgIpc) is 3.17. The predicted molar refractivity (Wildman–Crippen MR) is 85.0 cm³/mol. The zero-order chi connectivity index (χ0) is 14.4. The first-order valence-corrected chi connectivity index (χ1v) is 7.52. The van der Waals surface area contributed by atoms with E-state index in [4.69, 9.17) is 0 Å². The fourth-order valence-corrected chi connectivity index (χ4v) is 3.46. The molecule has 1 fully saturated rings. The van der Waals surface area contributed by atoms with E-state index in [9.17, 15) is 0 Å². The lowest BCUT2D eigenvalue weighted by molar-refractivity contribution is 0.412. The first-order chi connectivity index (χ1) is 10.2. The van der Waals surface area contributed by atoms with E-state index >= 15 is 0 Å². The highest BCUT2D eigenvalue weighted by atomic mass is 15.1. The van der Waals surface area contributed by atoms with Crippen LogP contribution in [0.25, 0.3) is 16.6 Å². The third-order valence-electron chi connectivity index (χ3n) is 4.63. The van der Waals surface area contributed by atoms with E-state index in [0.717, 1.165) is 12.4 Å². The van der Waals surface area contributed by atoms with Gasteiger partial charge in [-0.2, -0.15) is 0 Å². The maximum absolute atomic E-state index is 4.32. The number of hydrogen-bond donors (Lipinski definition) is 1. The van der Waals surface area contributed by atoms with Crippen LogP contribution in [0.4, 0.5) is 0 Å². The quantitative estimate of drug-likeness (QED) is 0.783. The molecule has 1 aromatic carbocycles. The van der Waals surface area contributed by atoms with Crippen LogP contribution in [0.5, 0.6) is 0 Å². The number of rotatable bonds is 2. The fraction of sp³-hybridized carbons (Fsp3) is 0.353. The molecule has 0 amide bonds. The summed E-state index contributed by atoms with van der Waals surface area (Å²) in [7, 11) is 2.20. The number of nitrogens with one attached hydrogen (secondary N) is 1. The van der Waals surface area contributed by atoms with Crippen LogP contribution in [0.2, 0.25) is 0 Å². The molecule has 0 radical (unpaired) electrons. The summed E-state index contributed by atoms with van der Waals surface area (Å²) in [6.07, 6.45) is 7.31. The summed E-state index contributed by atoms with van der Waals surface area (Å²) < 4.78 is 2.14. The lowest BCUT2D eigenvalue weighted by Gasteiger charge is -2.10. The first-order valence-electron chi connectivity index (χ1n) is 7.52. The number of hydrogen-bond acceptors (Lipinski definition) is 2. The Morgan fingerprint density at radius 3 is 2.95 bits per heavy atom. The summed E-state index contributed by atoms with van der Waals surface area (Å²) in [4.78, 5) is 10.2. The number of imidazole rings is 1. The van der Waals surface area contributed by atoms with Gasteiger partial charge >= 0.3 is 0 Å². The van der Waals surface area contributed by atoms with Gasteiger partial charge in [-0.15, -0.1) is 0 Å². The molecule has 0 bridgehead atoms. The van der Waals surface area contributed by atoms with E-state index in [0.29, 0.717) is 5.92 Å². The monoisotopic (exact) mass is 280 g/mol. The van der Waals surface area contributed by atoms with Gasteiger partial charge in [0.2, 0.25) is 0 Å². The summed E-state index contributed by atoms with van der Waals surface area (Å²) in [5.41, 5.74) is 3.86. The maximum Gasteiger partial charge on any atom is 0.110 e. The van der Waals surface area contributed by atoms with Crippen molar-refractivity contribution >= 4 is 10.9 Å². The molecule has 0 saturated carbocycles. The fourth-order valence-electron chi connectivity index (χ4n) is 3.46. The van der Waals surface area contributed by atoms with E-state index < -0.39 is 0 Å². The minimum atomic E-state index is 0.642. The normalized spacial score (nSPS) is 19.6. The highest BCUT2D eigenvalue weighted by Crippen LogP contribution is 2.33. The molecule has 21 heavy (non-hydrogen) atoms. The summed E-state index contributed by atoms with van der Waals surface area (Å²) in [6.45, 7) is 4.38. The van der Waals surface area contributed by atoms with E-state index in [-0.39, 0.29) is 0 Å². The van der Waals surface area contributed by atoms with Gasteiger partial charge in [-0.25, -0.2) is 4.98 Å². The van der Waals surface area contributed by atoms with Gasteiger partial charge < -0.3 is 14.5 Å². The third kappa shape index (κ3) is 2.07. The Balaban J connectivity index is 1.81. The van der Waals surface area contributed by atoms with Crippen molar-refractivity contribution in [2.45, 2.75) is 19.3 Å². The van der Waals surface area contributed by atoms with Crippen LogP contribution < -0.4 is 0 Å². The smallest absolute Gasteiger partial charge is 0.110 e. The minimum absolute atomic E-state index is 0.642. The van der Waals surface area contributed by atoms with E-state index in [1.54, 1.807) is 0 Å². The van der Waals surface area contributed by atoms with Crippen LogP contribution in [0.1, 0.15) is 23.7 Å². The van der Waals surface area contributed by atoms with Gasteiger partial charge in [0, 0.05) is 41.7 Å². The lowest BCUT2D eigenvalue weighted by Crippen LogP contribution is -2.13. The second-order valence-electron chi connectivity index (χ2n) is 6.07. The highest BCUT2D eigenvalue weighted by molar-refractivity contribution is 5.85. The SMILES string of the molecule is Cc1nccn1-c1ccc2[nH]cc(C3CCN(C)C3)c2c1. The van der Waals surface area contributed by atoms with Crippen molar-refractivity contribution in [3.05, 3.63) is 48.2 Å². The van der Waals surface area contributed by atoms with Crippen LogP contribution in [0, 0.1) is 6.92 Å². The number of benzene rings is 1. The number of nitrogens with zero attached hydrogens (tertiary/aromatic N) is 3. The largest absolute Gasteiger partial charge is 0.361 e. The molecule has 4 heteroatoms. The van der Waals surface area contributed by atoms with Gasteiger partial charge in [-0.3, -0.25) is 0 Å². The number of aromatic amines is 1. The summed E-state index contributed by atoms with van der Waals surface area (Å²) in [6, 6.07) is 6.61. The number of H-pyrrole nitrogens is 1. The summed E-state index contributed by atoms with van der Waals surface area (Å²) in [5, 5.41) is 1.35. The molecule has 0 aliphatic carbocycles. The second-order valence-corrected chi connectivity index (χ2v) is 6.07. The topological polar surface area (TPSA) is 36.9 Å². The first kappa shape index (κ1) is 12.7. The van der Waals surface area contributed by atoms with Crippen molar-refractivity contribution in [3.63, 3.8) is 0 Å². The molecule has 0 spiro atoms. The van der Waals surface area contributed by atoms with Crippen molar-refractivity contribution in [2.75, 3.05) is 20.1 Å². The molecule has 108 valence electrons. The lowest BCUT2D eigenvalue weighted by atomic mass is 9.97. The molecular weight excluding hydrogens is 260 g/mol. The standard InChI is InChI=1S/C17H20N4/c1-12-18-6-8-21(12)14-3-4-17-15(9-14)16(10-19-17)13-5-7-20(2)11-13/h3-4,6,8-10,13,19H,5,7,11H2,1-2H3. The number of likely N-dealkylation sites (N-methyl/N-ethyl adjacent to an activating group) is 1.